The third kappa shape index (κ3) is 4.27. The van der Waals surface area contributed by atoms with Crippen LogP contribution in [0.3, 0.4) is 0 Å². The average Bonchev–Trinajstić information content (AvgIpc) is 3.18. The van der Waals surface area contributed by atoms with Crippen molar-refractivity contribution in [1.29, 1.82) is 0 Å². The van der Waals surface area contributed by atoms with Gasteiger partial charge >= 0.3 is 0 Å². The van der Waals surface area contributed by atoms with Crippen molar-refractivity contribution < 1.29 is 9.53 Å². The quantitative estimate of drug-likeness (QED) is 0.442. The minimum absolute atomic E-state index is 0.105. The Hall–Kier alpha value is -2.64. The van der Waals surface area contributed by atoms with Crippen LogP contribution in [0.2, 0.25) is 0 Å². The number of rotatable bonds is 6. The zero-order valence-corrected chi connectivity index (χ0v) is 18.4. The summed E-state index contributed by atoms with van der Waals surface area (Å²) in [6.45, 7) is 8.96. The Morgan fingerprint density at radius 3 is 2.57 bits per heavy atom. The number of para-hydroxylation sites is 1. The Morgan fingerprint density at radius 2 is 1.80 bits per heavy atom. The van der Waals surface area contributed by atoms with Crippen molar-refractivity contribution in [2.75, 3.05) is 37.0 Å². The molecule has 1 saturated heterocycles. The highest BCUT2D eigenvalue weighted by molar-refractivity contribution is 7.99. The molecule has 4 rings (SSSR count). The van der Waals surface area contributed by atoms with Gasteiger partial charge in [0.1, 0.15) is 0 Å². The fourth-order valence-electron chi connectivity index (χ4n) is 3.59. The molecule has 2 heterocycles. The molecule has 0 saturated carbocycles. The largest absolute Gasteiger partial charge is 0.378 e. The average molecular weight is 423 g/mol. The monoisotopic (exact) mass is 422 g/mol. The van der Waals surface area contributed by atoms with Gasteiger partial charge in [-0.1, -0.05) is 47.7 Å². The molecule has 1 aliphatic rings. The maximum atomic E-state index is 12.9. The predicted octanol–water partition coefficient (Wildman–Crippen LogP) is 4.00. The van der Waals surface area contributed by atoms with E-state index in [1.807, 2.05) is 44.2 Å². The van der Waals surface area contributed by atoms with E-state index in [1.165, 1.54) is 11.8 Å². The third-order valence-electron chi connectivity index (χ3n) is 5.29. The van der Waals surface area contributed by atoms with E-state index in [1.54, 1.807) is 0 Å². The molecule has 6 nitrogen and oxygen atoms in total. The highest BCUT2D eigenvalue weighted by Gasteiger charge is 2.23. The van der Waals surface area contributed by atoms with Crippen LogP contribution >= 0.6 is 11.8 Å². The zero-order chi connectivity index (χ0) is 21.1. The van der Waals surface area contributed by atoms with E-state index in [2.05, 4.69) is 38.7 Å². The topological polar surface area (TPSA) is 60.3 Å². The molecule has 0 atom stereocenters. The lowest BCUT2D eigenvalue weighted by molar-refractivity contribution is 0.102. The first-order valence-corrected chi connectivity index (χ1v) is 11.1. The molecule has 0 bridgehead atoms. The number of hydrogen-bond donors (Lipinski definition) is 0. The van der Waals surface area contributed by atoms with Crippen LogP contribution in [0.15, 0.2) is 47.6 Å². The van der Waals surface area contributed by atoms with Gasteiger partial charge in [-0.2, -0.15) is 0 Å². The van der Waals surface area contributed by atoms with Gasteiger partial charge in [0.2, 0.25) is 5.95 Å². The van der Waals surface area contributed by atoms with Gasteiger partial charge in [0.05, 0.1) is 24.7 Å². The summed E-state index contributed by atoms with van der Waals surface area (Å²) in [6.07, 6.45) is 0. The number of carbonyl (C=O) groups excluding carboxylic acids is 1. The smallest absolute Gasteiger partial charge is 0.232 e. The molecule has 0 radical (unpaired) electrons. The highest BCUT2D eigenvalue weighted by atomic mass is 32.2. The first kappa shape index (κ1) is 20.6. The SMILES string of the molecule is Cc1ccc(C)c(C(=O)CSc2nnc(N3CCOCC3)n2-c2ccccc2C)c1. The second-order valence-electron chi connectivity index (χ2n) is 7.53. The number of ketones is 1. The Kier molecular flexibility index (Phi) is 6.20. The number of morpholine rings is 1. The molecule has 156 valence electrons. The van der Waals surface area contributed by atoms with Gasteiger partial charge < -0.3 is 9.64 Å². The Balaban J connectivity index is 1.64. The van der Waals surface area contributed by atoms with E-state index in [4.69, 9.17) is 4.74 Å². The number of hydrogen-bond acceptors (Lipinski definition) is 6. The van der Waals surface area contributed by atoms with Crippen molar-refractivity contribution in [2.24, 2.45) is 0 Å². The summed E-state index contributed by atoms with van der Waals surface area (Å²) in [7, 11) is 0. The predicted molar refractivity (Wildman–Crippen MR) is 120 cm³/mol. The van der Waals surface area contributed by atoms with Crippen molar-refractivity contribution in [1.82, 2.24) is 14.8 Å². The number of ether oxygens (including phenoxy) is 1. The Labute approximate surface area is 181 Å². The molecule has 1 aliphatic heterocycles. The summed E-state index contributed by atoms with van der Waals surface area (Å²) in [5.41, 5.74) is 5.03. The van der Waals surface area contributed by atoms with Crippen molar-refractivity contribution in [3.05, 3.63) is 64.7 Å². The molecule has 2 aromatic carbocycles. The molecule has 7 heteroatoms. The van der Waals surface area contributed by atoms with Gasteiger partial charge in [-0.05, 0) is 44.0 Å². The van der Waals surface area contributed by atoms with E-state index >= 15 is 0 Å². The van der Waals surface area contributed by atoms with Gasteiger partial charge in [0.25, 0.3) is 0 Å². The minimum atomic E-state index is 0.105. The van der Waals surface area contributed by atoms with E-state index in [9.17, 15) is 4.79 Å². The van der Waals surface area contributed by atoms with Crippen molar-refractivity contribution >= 4 is 23.5 Å². The fourth-order valence-corrected chi connectivity index (χ4v) is 4.42. The summed E-state index contributed by atoms with van der Waals surface area (Å²) in [4.78, 5) is 15.1. The first-order valence-electron chi connectivity index (χ1n) is 10.1. The lowest BCUT2D eigenvalue weighted by Crippen LogP contribution is -2.38. The molecule has 0 amide bonds. The summed E-state index contributed by atoms with van der Waals surface area (Å²) >= 11 is 1.43. The number of aromatic nitrogens is 3. The van der Waals surface area contributed by atoms with Crippen molar-refractivity contribution in [3.8, 4) is 5.69 Å². The van der Waals surface area contributed by atoms with Crippen LogP contribution in [0.1, 0.15) is 27.0 Å². The van der Waals surface area contributed by atoms with Crippen LogP contribution in [0.5, 0.6) is 0 Å². The molecule has 3 aromatic rings. The highest BCUT2D eigenvalue weighted by Crippen LogP contribution is 2.29. The summed E-state index contributed by atoms with van der Waals surface area (Å²) in [6, 6.07) is 14.2. The summed E-state index contributed by atoms with van der Waals surface area (Å²) < 4.78 is 7.57. The van der Waals surface area contributed by atoms with Crippen LogP contribution in [-0.4, -0.2) is 52.6 Å². The number of anilines is 1. The van der Waals surface area contributed by atoms with Crippen molar-refractivity contribution in [2.45, 2.75) is 25.9 Å². The molecule has 0 spiro atoms. The molecular formula is C23H26N4O2S. The van der Waals surface area contributed by atoms with E-state index in [0.717, 1.165) is 52.1 Å². The van der Waals surface area contributed by atoms with Gasteiger partial charge in [-0.3, -0.25) is 9.36 Å². The van der Waals surface area contributed by atoms with E-state index in [0.29, 0.717) is 19.0 Å². The van der Waals surface area contributed by atoms with Gasteiger partial charge in [-0.25, -0.2) is 0 Å². The minimum Gasteiger partial charge on any atom is -0.378 e. The fraction of sp³-hybridized carbons (Fsp3) is 0.348. The zero-order valence-electron chi connectivity index (χ0n) is 17.6. The maximum absolute atomic E-state index is 12.9. The van der Waals surface area contributed by atoms with Crippen LogP contribution in [0.4, 0.5) is 5.95 Å². The summed E-state index contributed by atoms with van der Waals surface area (Å²) in [5, 5.41) is 9.67. The molecule has 0 unspecified atom stereocenters. The lowest BCUT2D eigenvalue weighted by atomic mass is 10.0. The van der Waals surface area contributed by atoms with Gasteiger partial charge in [0, 0.05) is 18.7 Å². The standard InChI is InChI=1S/C23H26N4O2S/c1-16-8-9-17(2)19(14-16)21(28)15-30-23-25-24-22(26-10-12-29-13-11-26)27(23)20-7-5-4-6-18(20)3/h4-9,14H,10-13,15H2,1-3H3. The third-order valence-corrected chi connectivity index (χ3v) is 6.22. The second kappa shape index (κ2) is 9.02. The molecule has 0 N–H and O–H groups in total. The second-order valence-corrected chi connectivity index (χ2v) is 8.48. The van der Waals surface area contributed by atoms with Gasteiger partial charge in [0.15, 0.2) is 10.9 Å². The molecule has 1 fully saturated rings. The molecule has 30 heavy (non-hydrogen) atoms. The first-order chi connectivity index (χ1) is 14.5. The molecular weight excluding hydrogens is 396 g/mol. The number of aryl methyl sites for hydroxylation is 3. The van der Waals surface area contributed by atoms with Gasteiger partial charge in [-0.15, -0.1) is 10.2 Å². The van der Waals surface area contributed by atoms with Crippen molar-refractivity contribution in [3.63, 3.8) is 0 Å². The number of benzene rings is 2. The Bertz CT molecular complexity index is 1060. The van der Waals surface area contributed by atoms with Crippen LogP contribution in [0.25, 0.3) is 5.69 Å². The van der Waals surface area contributed by atoms with Crippen LogP contribution < -0.4 is 4.90 Å². The number of thioether (sulfide) groups is 1. The Morgan fingerprint density at radius 1 is 1.03 bits per heavy atom. The number of carbonyl (C=O) groups is 1. The van der Waals surface area contributed by atoms with E-state index in [-0.39, 0.29) is 5.78 Å². The molecule has 1 aromatic heterocycles. The molecule has 0 aliphatic carbocycles. The normalized spacial score (nSPS) is 14.2. The van der Waals surface area contributed by atoms with E-state index < -0.39 is 0 Å². The van der Waals surface area contributed by atoms with Crippen LogP contribution in [0, 0.1) is 20.8 Å². The lowest BCUT2D eigenvalue weighted by Gasteiger charge is -2.28. The number of Topliss-reactive ketones (excluding diaryl/α,β-unsaturated/α-hetero) is 1. The summed E-state index contributed by atoms with van der Waals surface area (Å²) in [5.74, 6) is 1.22. The number of nitrogens with zero attached hydrogens (tertiary/aromatic N) is 4. The maximum Gasteiger partial charge on any atom is 0.232 e. The van der Waals surface area contributed by atoms with Crippen LogP contribution in [-0.2, 0) is 4.74 Å².